The Balaban J connectivity index is 1.73. The van der Waals surface area contributed by atoms with Crippen LogP contribution >= 0.6 is 23.2 Å². The third kappa shape index (κ3) is 4.18. The Labute approximate surface area is 157 Å². The maximum absolute atomic E-state index is 12.4. The SMILES string of the molecule is CCCC(=O)[C@H]1O[C@@H]2OC(C)(C)O[C@@H]2[C@H]1OCc1ccc(Cl)c(Cl)c1. The van der Waals surface area contributed by atoms with E-state index in [9.17, 15) is 4.79 Å². The van der Waals surface area contributed by atoms with E-state index in [0.717, 1.165) is 12.0 Å². The number of carbonyl (C=O) groups excluding carboxylic acids is 1. The molecule has 2 saturated heterocycles. The van der Waals surface area contributed by atoms with Gasteiger partial charge in [0.05, 0.1) is 16.7 Å². The maximum atomic E-state index is 12.4. The van der Waals surface area contributed by atoms with Crippen LogP contribution in [-0.2, 0) is 30.3 Å². The average Bonchev–Trinajstić information content (AvgIpc) is 3.01. The molecule has 25 heavy (non-hydrogen) atoms. The van der Waals surface area contributed by atoms with Gasteiger partial charge in [-0.2, -0.15) is 0 Å². The Hall–Kier alpha value is -0.690. The maximum Gasteiger partial charge on any atom is 0.190 e. The number of benzene rings is 1. The highest BCUT2D eigenvalue weighted by Crippen LogP contribution is 2.39. The van der Waals surface area contributed by atoms with Crippen molar-refractivity contribution in [2.45, 2.75) is 70.6 Å². The zero-order chi connectivity index (χ0) is 18.2. The number of hydrogen-bond donors (Lipinski definition) is 0. The van der Waals surface area contributed by atoms with Crippen molar-refractivity contribution in [3.05, 3.63) is 33.8 Å². The first-order valence-corrected chi connectivity index (χ1v) is 9.15. The highest BCUT2D eigenvalue weighted by atomic mass is 35.5. The summed E-state index contributed by atoms with van der Waals surface area (Å²) < 4.78 is 23.5. The summed E-state index contributed by atoms with van der Waals surface area (Å²) in [6.45, 7) is 5.85. The standard InChI is InChI=1S/C18H22Cl2O5/c1-4-5-13(21)14-15(16-17(23-14)25-18(2,3)24-16)22-9-10-6-7-11(19)12(20)8-10/h6-8,14-17H,4-5,9H2,1-3H3/t14-,15+,16-,17-/m1/s1. The minimum atomic E-state index is -0.765. The molecule has 0 aliphatic carbocycles. The lowest BCUT2D eigenvalue weighted by Crippen LogP contribution is -2.40. The fraction of sp³-hybridized carbons (Fsp3) is 0.611. The number of halogens is 2. The van der Waals surface area contributed by atoms with Gasteiger partial charge in [0, 0.05) is 6.42 Å². The van der Waals surface area contributed by atoms with Gasteiger partial charge in [-0.25, -0.2) is 0 Å². The fourth-order valence-corrected chi connectivity index (χ4v) is 3.45. The first-order chi connectivity index (χ1) is 11.8. The van der Waals surface area contributed by atoms with Crippen LogP contribution in [0.5, 0.6) is 0 Å². The summed E-state index contributed by atoms with van der Waals surface area (Å²) >= 11 is 12.0. The van der Waals surface area contributed by atoms with Crippen LogP contribution in [-0.4, -0.2) is 36.2 Å². The molecule has 3 rings (SSSR count). The number of rotatable bonds is 6. The summed E-state index contributed by atoms with van der Waals surface area (Å²) in [5.74, 6) is -0.764. The largest absolute Gasteiger partial charge is 0.367 e. The number of fused-ring (bicyclic) bond motifs is 1. The molecule has 0 unspecified atom stereocenters. The van der Waals surface area contributed by atoms with Crippen molar-refractivity contribution in [1.82, 2.24) is 0 Å². The molecule has 0 amide bonds. The Bertz CT molecular complexity index is 648. The van der Waals surface area contributed by atoms with Gasteiger partial charge in [-0.05, 0) is 38.0 Å². The Morgan fingerprint density at radius 2 is 2.00 bits per heavy atom. The van der Waals surface area contributed by atoms with Gasteiger partial charge in [0.1, 0.15) is 18.3 Å². The summed E-state index contributed by atoms with van der Waals surface area (Å²) in [6.07, 6.45) is -1.07. The summed E-state index contributed by atoms with van der Waals surface area (Å²) in [5, 5.41) is 0.948. The normalized spacial score (nSPS) is 30.4. The number of Topliss-reactive ketones (excluding diaryl/α,β-unsaturated/α-hetero) is 1. The lowest BCUT2D eigenvalue weighted by atomic mass is 10.0. The average molecular weight is 389 g/mol. The second kappa shape index (κ2) is 7.51. The van der Waals surface area contributed by atoms with Gasteiger partial charge in [-0.3, -0.25) is 4.79 Å². The molecule has 1 aromatic rings. The molecule has 2 aliphatic rings. The molecule has 1 aromatic carbocycles. The second-order valence-electron chi connectivity index (χ2n) is 6.77. The number of hydrogen-bond acceptors (Lipinski definition) is 5. The third-order valence-corrected chi connectivity index (χ3v) is 4.97. The molecule has 2 heterocycles. The van der Waals surface area contributed by atoms with Crippen molar-refractivity contribution < 1.29 is 23.7 Å². The van der Waals surface area contributed by atoms with Crippen LogP contribution in [0.2, 0.25) is 10.0 Å². The number of ketones is 1. The zero-order valence-electron chi connectivity index (χ0n) is 14.5. The van der Waals surface area contributed by atoms with Crippen LogP contribution in [0.1, 0.15) is 39.2 Å². The summed E-state index contributed by atoms with van der Waals surface area (Å²) in [4.78, 5) is 12.4. The van der Waals surface area contributed by atoms with Crippen LogP contribution in [0, 0.1) is 0 Å². The molecule has 0 spiro atoms. The second-order valence-corrected chi connectivity index (χ2v) is 7.58. The first-order valence-electron chi connectivity index (χ1n) is 8.40. The van der Waals surface area contributed by atoms with Crippen molar-refractivity contribution in [3.8, 4) is 0 Å². The van der Waals surface area contributed by atoms with E-state index in [4.69, 9.17) is 42.1 Å². The smallest absolute Gasteiger partial charge is 0.190 e. The van der Waals surface area contributed by atoms with Crippen LogP contribution in [0.15, 0.2) is 18.2 Å². The minimum absolute atomic E-state index is 0.000967. The van der Waals surface area contributed by atoms with Crippen LogP contribution < -0.4 is 0 Å². The van der Waals surface area contributed by atoms with Crippen molar-refractivity contribution in [1.29, 1.82) is 0 Å². The molecular formula is C18H22Cl2O5. The van der Waals surface area contributed by atoms with E-state index in [1.165, 1.54) is 0 Å². The van der Waals surface area contributed by atoms with E-state index in [1.807, 2.05) is 26.8 Å². The predicted molar refractivity (Wildman–Crippen MR) is 93.7 cm³/mol. The molecule has 7 heteroatoms. The van der Waals surface area contributed by atoms with Gasteiger partial charge in [-0.15, -0.1) is 0 Å². The van der Waals surface area contributed by atoms with E-state index in [0.29, 0.717) is 16.5 Å². The Morgan fingerprint density at radius 1 is 1.24 bits per heavy atom. The van der Waals surface area contributed by atoms with Gasteiger partial charge in [0.15, 0.2) is 17.9 Å². The zero-order valence-corrected chi connectivity index (χ0v) is 16.0. The molecule has 0 saturated carbocycles. The van der Waals surface area contributed by atoms with E-state index < -0.39 is 30.4 Å². The molecule has 2 fully saturated rings. The van der Waals surface area contributed by atoms with E-state index in [1.54, 1.807) is 12.1 Å². The van der Waals surface area contributed by atoms with E-state index >= 15 is 0 Å². The highest BCUT2D eigenvalue weighted by Gasteiger charge is 2.57. The number of carbonyl (C=O) groups is 1. The molecular weight excluding hydrogens is 367 g/mol. The van der Waals surface area contributed by atoms with Crippen LogP contribution in [0.3, 0.4) is 0 Å². The Kier molecular flexibility index (Phi) is 5.73. The lowest BCUT2D eigenvalue weighted by molar-refractivity contribution is -0.218. The minimum Gasteiger partial charge on any atom is -0.367 e. The lowest BCUT2D eigenvalue weighted by Gasteiger charge is -2.25. The van der Waals surface area contributed by atoms with E-state index in [-0.39, 0.29) is 12.4 Å². The van der Waals surface area contributed by atoms with Crippen molar-refractivity contribution >= 4 is 29.0 Å². The summed E-state index contributed by atoms with van der Waals surface area (Å²) in [6, 6.07) is 5.30. The molecule has 0 radical (unpaired) electrons. The van der Waals surface area contributed by atoms with Gasteiger partial charge in [0.25, 0.3) is 0 Å². The Morgan fingerprint density at radius 3 is 2.68 bits per heavy atom. The molecule has 4 atom stereocenters. The van der Waals surface area contributed by atoms with Gasteiger partial charge >= 0.3 is 0 Å². The molecule has 2 aliphatic heterocycles. The monoisotopic (exact) mass is 388 g/mol. The van der Waals surface area contributed by atoms with Gasteiger partial charge in [-0.1, -0.05) is 36.2 Å². The summed E-state index contributed by atoms with van der Waals surface area (Å²) in [5.41, 5.74) is 0.859. The molecule has 138 valence electrons. The molecule has 0 bridgehead atoms. The van der Waals surface area contributed by atoms with Gasteiger partial charge in [0.2, 0.25) is 0 Å². The third-order valence-electron chi connectivity index (χ3n) is 4.23. The van der Waals surface area contributed by atoms with E-state index in [2.05, 4.69) is 0 Å². The topological polar surface area (TPSA) is 54.0 Å². The van der Waals surface area contributed by atoms with Crippen molar-refractivity contribution in [2.24, 2.45) is 0 Å². The molecule has 0 aromatic heterocycles. The van der Waals surface area contributed by atoms with Crippen LogP contribution in [0.4, 0.5) is 0 Å². The van der Waals surface area contributed by atoms with Crippen molar-refractivity contribution in [3.63, 3.8) is 0 Å². The quantitative estimate of drug-likeness (QED) is 0.733. The number of ether oxygens (including phenoxy) is 4. The van der Waals surface area contributed by atoms with Gasteiger partial charge < -0.3 is 18.9 Å². The highest BCUT2D eigenvalue weighted by molar-refractivity contribution is 6.42. The first kappa shape index (κ1) is 19.1. The summed E-state index contributed by atoms with van der Waals surface area (Å²) in [7, 11) is 0. The predicted octanol–water partition coefficient (Wildman–Crippen LogP) is 4.12. The fourth-order valence-electron chi connectivity index (χ4n) is 3.13. The van der Waals surface area contributed by atoms with Crippen LogP contribution in [0.25, 0.3) is 0 Å². The van der Waals surface area contributed by atoms with Crippen molar-refractivity contribution in [2.75, 3.05) is 0 Å². The molecule has 0 N–H and O–H groups in total. The molecule has 5 nitrogen and oxygen atoms in total.